The molecule has 0 spiro atoms. The average molecular weight is 316 g/mol. The highest BCUT2D eigenvalue weighted by Crippen LogP contribution is 2.51. The van der Waals surface area contributed by atoms with Crippen molar-refractivity contribution in [1.29, 1.82) is 0 Å². The Labute approximate surface area is 136 Å². The fourth-order valence-corrected chi connectivity index (χ4v) is 3.09. The average Bonchev–Trinajstić information content (AvgIpc) is 3.17. The van der Waals surface area contributed by atoms with Gasteiger partial charge in [-0.05, 0) is 48.9 Å². The number of rotatable bonds is 3. The maximum absolute atomic E-state index is 12.4. The van der Waals surface area contributed by atoms with Crippen molar-refractivity contribution in [3.63, 3.8) is 0 Å². The molecule has 2 fully saturated rings. The quantitative estimate of drug-likeness (QED) is 0.899. The molecule has 124 valence electrons. The molecule has 1 aromatic rings. The summed E-state index contributed by atoms with van der Waals surface area (Å²) in [6.07, 6.45) is 1.91. The van der Waals surface area contributed by atoms with Gasteiger partial charge >= 0.3 is 0 Å². The van der Waals surface area contributed by atoms with Gasteiger partial charge in [-0.1, -0.05) is 13.8 Å². The number of piperidine rings is 1. The van der Waals surface area contributed by atoms with E-state index in [4.69, 9.17) is 0 Å². The Bertz CT molecular complexity index is 601. The zero-order valence-corrected chi connectivity index (χ0v) is 13.7. The first-order valence-corrected chi connectivity index (χ1v) is 8.25. The Hall–Kier alpha value is -1.88. The van der Waals surface area contributed by atoms with Crippen molar-refractivity contribution in [2.24, 2.45) is 11.3 Å². The number of nitrogens with one attached hydrogen (secondary N) is 1. The zero-order chi connectivity index (χ0) is 16.6. The van der Waals surface area contributed by atoms with E-state index in [1.807, 2.05) is 0 Å². The first-order chi connectivity index (χ1) is 10.9. The van der Waals surface area contributed by atoms with Crippen LogP contribution in [-0.2, 0) is 4.79 Å². The Morgan fingerprint density at radius 2 is 1.74 bits per heavy atom. The molecule has 23 heavy (non-hydrogen) atoms. The zero-order valence-electron chi connectivity index (χ0n) is 13.7. The van der Waals surface area contributed by atoms with Crippen LogP contribution >= 0.6 is 0 Å². The highest BCUT2D eigenvalue weighted by molar-refractivity contribution is 5.97. The Balaban J connectivity index is 1.58. The smallest absolute Gasteiger partial charge is 0.253 e. The van der Waals surface area contributed by atoms with Gasteiger partial charge in [0.15, 0.2) is 0 Å². The lowest BCUT2D eigenvalue weighted by Gasteiger charge is -2.29. The molecule has 0 aromatic heterocycles. The minimum Gasteiger partial charge on any atom is -0.393 e. The van der Waals surface area contributed by atoms with Gasteiger partial charge in [0.1, 0.15) is 0 Å². The largest absolute Gasteiger partial charge is 0.393 e. The minimum absolute atomic E-state index is 0.0156. The van der Waals surface area contributed by atoms with Crippen molar-refractivity contribution in [1.82, 2.24) is 4.90 Å². The molecule has 1 aliphatic heterocycles. The Morgan fingerprint density at radius 3 is 2.26 bits per heavy atom. The van der Waals surface area contributed by atoms with Crippen LogP contribution in [0.3, 0.4) is 0 Å². The summed E-state index contributed by atoms with van der Waals surface area (Å²) in [7, 11) is 0. The molecule has 1 heterocycles. The monoisotopic (exact) mass is 316 g/mol. The predicted molar refractivity (Wildman–Crippen MR) is 88.1 cm³/mol. The second-order valence-corrected chi connectivity index (χ2v) is 7.34. The van der Waals surface area contributed by atoms with Crippen LogP contribution in [-0.4, -0.2) is 41.0 Å². The second-order valence-electron chi connectivity index (χ2n) is 7.34. The molecule has 0 bridgehead atoms. The Morgan fingerprint density at radius 1 is 1.17 bits per heavy atom. The van der Waals surface area contributed by atoms with Gasteiger partial charge in [0.05, 0.1) is 6.10 Å². The number of benzene rings is 1. The van der Waals surface area contributed by atoms with Gasteiger partial charge in [0.25, 0.3) is 5.91 Å². The molecule has 0 radical (unpaired) electrons. The summed E-state index contributed by atoms with van der Waals surface area (Å²) in [6.45, 7) is 5.37. The van der Waals surface area contributed by atoms with Crippen LogP contribution in [0.15, 0.2) is 24.3 Å². The topological polar surface area (TPSA) is 69.6 Å². The number of aliphatic hydroxyl groups is 1. The third-order valence-corrected chi connectivity index (χ3v) is 4.98. The molecule has 5 nitrogen and oxygen atoms in total. The van der Waals surface area contributed by atoms with Crippen molar-refractivity contribution in [3.05, 3.63) is 29.8 Å². The van der Waals surface area contributed by atoms with Gasteiger partial charge in [0.2, 0.25) is 5.91 Å². The maximum Gasteiger partial charge on any atom is 0.253 e. The lowest BCUT2D eigenvalue weighted by atomic mass is 10.1. The minimum atomic E-state index is -0.289. The number of anilines is 1. The van der Waals surface area contributed by atoms with E-state index < -0.39 is 0 Å². The Kier molecular flexibility index (Phi) is 4.15. The van der Waals surface area contributed by atoms with E-state index in [1.165, 1.54) is 0 Å². The summed E-state index contributed by atoms with van der Waals surface area (Å²) in [4.78, 5) is 26.2. The van der Waals surface area contributed by atoms with E-state index in [1.54, 1.807) is 29.2 Å². The number of carbonyl (C=O) groups is 2. The molecule has 2 N–H and O–H groups in total. The lowest BCUT2D eigenvalue weighted by Crippen LogP contribution is -2.40. The van der Waals surface area contributed by atoms with Crippen LogP contribution in [0.2, 0.25) is 0 Å². The molecule has 1 unspecified atom stereocenters. The highest BCUT2D eigenvalue weighted by atomic mass is 16.3. The molecule has 1 aromatic carbocycles. The summed E-state index contributed by atoms with van der Waals surface area (Å²) in [5.41, 5.74) is 1.45. The van der Waals surface area contributed by atoms with Gasteiger partial charge in [-0.2, -0.15) is 0 Å². The molecule has 2 amide bonds. The van der Waals surface area contributed by atoms with E-state index in [0.29, 0.717) is 31.5 Å². The molecular weight excluding hydrogens is 292 g/mol. The van der Waals surface area contributed by atoms with Crippen LogP contribution in [0.4, 0.5) is 5.69 Å². The van der Waals surface area contributed by atoms with Gasteiger partial charge < -0.3 is 15.3 Å². The van der Waals surface area contributed by atoms with Crippen LogP contribution in [0.5, 0.6) is 0 Å². The number of hydrogen-bond donors (Lipinski definition) is 2. The predicted octanol–water partition coefficient (Wildman–Crippen LogP) is 2.27. The summed E-state index contributed by atoms with van der Waals surface area (Å²) in [5.74, 6) is 0.126. The fraction of sp³-hybridized carbons (Fsp3) is 0.556. The molecule has 1 aliphatic carbocycles. The third-order valence-electron chi connectivity index (χ3n) is 4.98. The first-order valence-electron chi connectivity index (χ1n) is 8.25. The van der Waals surface area contributed by atoms with Crippen LogP contribution in [0.25, 0.3) is 0 Å². The van der Waals surface area contributed by atoms with Crippen molar-refractivity contribution < 1.29 is 14.7 Å². The van der Waals surface area contributed by atoms with Crippen LogP contribution < -0.4 is 5.32 Å². The SMILES string of the molecule is CC1(C)CC1C(=O)Nc1ccc(C(=O)N2CCC(O)CC2)cc1. The summed E-state index contributed by atoms with van der Waals surface area (Å²) >= 11 is 0. The molecule has 5 heteroatoms. The van der Waals surface area contributed by atoms with Crippen LogP contribution in [0, 0.1) is 11.3 Å². The number of nitrogens with zero attached hydrogens (tertiary/aromatic N) is 1. The molecule has 1 saturated carbocycles. The van der Waals surface area contributed by atoms with E-state index in [-0.39, 0.29) is 29.3 Å². The second kappa shape index (κ2) is 5.96. The van der Waals surface area contributed by atoms with Gasteiger partial charge in [-0.15, -0.1) is 0 Å². The molecule has 2 aliphatic rings. The molecule has 1 atom stereocenters. The summed E-state index contributed by atoms with van der Waals surface area (Å²) in [5, 5.41) is 12.4. The number of hydrogen-bond acceptors (Lipinski definition) is 3. The van der Waals surface area contributed by atoms with Crippen molar-refractivity contribution >= 4 is 17.5 Å². The molecule has 1 saturated heterocycles. The van der Waals surface area contributed by atoms with Crippen molar-refractivity contribution in [2.75, 3.05) is 18.4 Å². The van der Waals surface area contributed by atoms with Crippen LogP contribution in [0.1, 0.15) is 43.5 Å². The van der Waals surface area contributed by atoms with E-state index in [9.17, 15) is 14.7 Å². The summed E-state index contributed by atoms with van der Waals surface area (Å²) in [6, 6.07) is 7.06. The van der Waals surface area contributed by atoms with Crippen molar-refractivity contribution in [2.45, 2.75) is 39.2 Å². The fourth-order valence-electron chi connectivity index (χ4n) is 3.09. The van der Waals surface area contributed by atoms with Gasteiger partial charge in [-0.25, -0.2) is 0 Å². The first kappa shape index (κ1) is 16.0. The number of aliphatic hydroxyl groups excluding tert-OH is 1. The number of amides is 2. The van der Waals surface area contributed by atoms with Crippen molar-refractivity contribution in [3.8, 4) is 0 Å². The number of likely N-dealkylation sites (tertiary alicyclic amines) is 1. The maximum atomic E-state index is 12.4. The highest BCUT2D eigenvalue weighted by Gasteiger charge is 2.50. The lowest BCUT2D eigenvalue weighted by molar-refractivity contribution is -0.118. The molecule has 3 rings (SSSR count). The standard InChI is InChI=1S/C18H24N2O3/c1-18(2)11-15(18)16(22)19-13-5-3-12(4-6-13)17(23)20-9-7-14(21)8-10-20/h3-6,14-15,21H,7-11H2,1-2H3,(H,19,22). The van der Waals surface area contributed by atoms with E-state index >= 15 is 0 Å². The normalized spacial score (nSPS) is 23.4. The summed E-state index contributed by atoms with van der Waals surface area (Å²) < 4.78 is 0. The molecular formula is C18H24N2O3. The third kappa shape index (κ3) is 3.55. The van der Waals surface area contributed by atoms with Gasteiger partial charge in [0, 0.05) is 30.3 Å². The van der Waals surface area contributed by atoms with E-state index in [2.05, 4.69) is 19.2 Å². The van der Waals surface area contributed by atoms with Gasteiger partial charge in [-0.3, -0.25) is 9.59 Å². The van der Waals surface area contributed by atoms with E-state index in [0.717, 1.165) is 12.1 Å². The number of carbonyl (C=O) groups excluding carboxylic acids is 2.